The Kier molecular flexibility index (Phi) is 6.59. The molecule has 0 aliphatic rings. The fraction of sp³-hybridized carbons (Fsp3) is 0.300. The van der Waals surface area contributed by atoms with Gasteiger partial charge < -0.3 is 10.2 Å². The first kappa shape index (κ1) is 19.0. The Morgan fingerprint density at radius 1 is 1.08 bits per heavy atom. The first-order valence-electron chi connectivity index (χ1n) is 8.35. The summed E-state index contributed by atoms with van der Waals surface area (Å²) in [5, 5.41) is 3.41. The summed E-state index contributed by atoms with van der Waals surface area (Å²) in [4.78, 5) is 26.4. The molecule has 5 heteroatoms. The molecule has 0 aliphatic carbocycles. The predicted molar refractivity (Wildman–Crippen MR) is 102 cm³/mol. The molecule has 0 heterocycles. The first-order chi connectivity index (χ1) is 11.9. The van der Waals surface area contributed by atoms with Gasteiger partial charge in [0.05, 0.1) is 0 Å². The van der Waals surface area contributed by atoms with E-state index in [-0.39, 0.29) is 11.8 Å². The molecule has 0 unspecified atom stereocenters. The average molecular weight is 359 g/mol. The van der Waals surface area contributed by atoms with E-state index in [0.717, 1.165) is 24.9 Å². The van der Waals surface area contributed by atoms with Crippen molar-refractivity contribution in [3.05, 3.63) is 64.2 Å². The number of anilines is 1. The van der Waals surface area contributed by atoms with Crippen LogP contribution in [0.15, 0.2) is 42.5 Å². The molecule has 0 bridgehead atoms. The number of nitrogens with one attached hydrogen (secondary N) is 1. The summed E-state index contributed by atoms with van der Waals surface area (Å²) >= 11 is 5.97. The highest BCUT2D eigenvalue weighted by molar-refractivity contribution is 6.31. The van der Waals surface area contributed by atoms with E-state index in [4.69, 9.17) is 11.6 Å². The maximum Gasteiger partial charge on any atom is 0.255 e. The van der Waals surface area contributed by atoms with Crippen LogP contribution in [0.5, 0.6) is 0 Å². The highest BCUT2D eigenvalue weighted by Gasteiger charge is 2.13. The predicted octanol–water partition coefficient (Wildman–Crippen LogP) is 4.77. The summed E-state index contributed by atoms with van der Waals surface area (Å²) < 4.78 is 0. The highest BCUT2D eigenvalue weighted by atomic mass is 35.5. The lowest BCUT2D eigenvalue weighted by Gasteiger charge is -2.16. The smallest absolute Gasteiger partial charge is 0.255 e. The van der Waals surface area contributed by atoms with Crippen molar-refractivity contribution in [3.8, 4) is 0 Å². The summed E-state index contributed by atoms with van der Waals surface area (Å²) in [5.74, 6) is -0.269. The molecule has 0 saturated heterocycles. The second-order valence-electron chi connectivity index (χ2n) is 6.07. The molecule has 0 saturated carbocycles. The van der Waals surface area contributed by atoms with Crippen molar-refractivity contribution in [2.24, 2.45) is 0 Å². The van der Waals surface area contributed by atoms with Crippen LogP contribution in [0.2, 0.25) is 5.02 Å². The number of benzene rings is 2. The molecule has 4 nitrogen and oxygen atoms in total. The van der Waals surface area contributed by atoms with Crippen LogP contribution in [0.1, 0.15) is 46.0 Å². The topological polar surface area (TPSA) is 49.4 Å². The molecule has 0 atom stereocenters. The van der Waals surface area contributed by atoms with Crippen LogP contribution in [0.25, 0.3) is 0 Å². The molecular weight excluding hydrogens is 336 g/mol. The SMILES string of the molecule is CCCCN(C)C(=O)c1ccc(C(=O)Nc2cc(Cl)ccc2C)cc1. The third-order valence-electron chi connectivity index (χ3n) is 4.04. The number of unbranched alkanes of at least 4 members (excludes halogenated alkanes) is 1. The lowest BCUT2D eigenvalue weighted by atomic mass is 10.1. The van der Waals surface area contributed by atoms with Crippen molar-refractivity contribution < 1.29 is 9.59 Å². The van der Waals surface area contributed by atoms with E-state index < -0.39 is 0 Å². The minimum Gasteiger partial charge on any atom is -0.342 e. The summed E-state index contributed by atoms with van der Waals surface area (Å²) in [5.41, 5.74) is 2.68. The summed E-state index contributed by atoms with van der Waals surface area (Å²) in [6.45, 7) is 4.72. The Morgan fingerprint density at radius 3 is 2.36 bits per heavy atom. The monoisotopic (exact) mass is 358 g/mol. The molecule has 0 aromatic heterocycles. The quantitative estimate of drug-likeness (QED) is 0.808. The maximum absolute atomic E-state index is 12.4. The van der Waals surface area contributed by atoms with Crippen molar-refractivity contribution in [1.82, 2.24) is 4.90 Å². The van der Waals surface area contributed by atoms with Crippen molar-refractivity contribution in [3.63, 3.8) is 0 Å². The van der Waals surface area contributed by atoms with Gasteiger partial charge in [0, 0.05) is 35.4 Å². The van der Waals surface area contributed by atoms with Gasteiger partial charge in [-0.2, -0.15) is 0 Å². The number of nitrogens with zero attached hydrogens (tertiary/aromatic N) is 1. The van der Waals surface area contributed by atoms with Gasteiger partial charge >= 0.3 is 0 Å². The number of carbonyl (C=O) groups excluding carboxylic acids is 2. The molecular formula is C20H23ClN2O2. The van der Waals surface area contributed by atoms with E-state index in [1.54, 1.807) is 48.3 Å². The van der Waals surface area contributed by atoms with Gasteiger partial charge in [-0.15, -0.1) is 0 Å². The van der Waals surface area contributed by atoms with Crippen LogP contribution in [0.4, 0.5) is 5.69 Å². The Labute approximate surface area is 153 Å². The zero-order valence-electron chi connectivity index (χ0n) is 14.8. The molecule has 25 heavy (non-hydrogen) atoms. The van der Waals surface area contributed by atoms with Gasteiger partial charge in [-0.05, 0) is 55.3 Å². The minimum absolute atomic E-state index is 0.0360. The number of amides is 2. The average Bonchev–Trinajstić information content (AvgIpc) is 2.62. The third-order valence-corrected chi connectivity index (χ3v) is 4.27. The standard InChI is InChI=1S/C20H23ClN2O2/c1-4-5-12-23(3)20(25)16-9-7-15(8-10-16)19(24)22-18-13-17(21)11-6-14(18)2/h6-11,13H,4-5,12H2,1-3H3,(H,22,24). The number of hydrogen-bond acceptors (Lipinski definition) is 2. The molecule has 2 aromatic rings. The number of hydrogen-bond donors (Lipinski definition) is 1. The lowest BCUT2D eigenvalue weighted by Crippen LogP contribution is -2.27. The zero-order valence-corrected chi connectivity index (χ0v) is 15.6. The van der Waals surface area contributed by atoms with Crippen LogP contribution < -0.4 is 5.32 Å². The molecule has 0 fully saturated rings. The van der Waals surface area contributed by atoms with Gasteiger partial charge in [-0.3, -0.25) is 9.59 Å². The number of aryl methyl sites for hydroxylation is 1. The van der Waals surface area contributed by atoms with Gasteiger partial charge in [0.15, 0.2) is 0 Å². The van der Waals surface area contributed by atoms with Gasteiger partial charge in [0.2, 0.25) is 0 Å². The molecule has 2 aromatic carbocycles. The fourth-order valence-electron chi connectivity index (χ4n) is 2.40. The normalized spacial score (nSPS) is 10.4. The van der Waals surface area contributed by atoms with Crippen LogP contribution in [0, 0.1) is 6.92 Å². The fourth-order valence-corrected chi connectivity index (χ4v) is 2.58. The van der Waals surface area contributed by atoms with Gasteiger partial charge in [0.1, 0.15) is 0 Å². The molecule has 1 N–H and O–H groups in total. The van der Waals surface area contributed by atoms with E-state index in [1.807, 2.05) is 13.0 Å². The Morgan fingerprint density at radius 2 is 1.72 bits per heavy atom. The molecule has 2 amide bonds. The van der Waals surface area contributed by atoms with Gasteiger partial charge in [0.25, 0.3) is 11.8 Å². The number of rotatable bonds is 6. The molecule has 0 aliphatic heterocycles. The third kappa shape index (κ3) is 5.07. The van der Waals surface area contributed by atoms with Crippen LogP contribution in [0.3, 0.4) is 0 Å². The van der Waals surface area contributed by atoms with E-state index in [9.17, 15) is 9.59 Å². The Bertz CT molecular complexity index is 757. The molecule has 2 rings (SSSR count). The van der Waals surface area contributed by atoms with E-state index in [2.05, 4.69) is 12.2 Å². The largest absolute Gasteiger partial charge is 0.342 e. The molecule has 0 spiro atoms. The Hall–Kier alpha value is -2.33. The molecule has 0 radical (unpaired) electrons. The zero-order chi connectivity index (χ0) is 18.4. The van der Waals surface area contributed by atoms with Crippen molar-refractivity contribution in [2.45, 2.75) is 26.7 Å². The number of carbonyl (C=O) groups is 2. The second kappa shape index (κ2) is 8.67. The summed E-state index contributed by atoms with van der Waals surface area (Å²) in [7, 11) is 1.79. The van der Waals surface area contributed by atoms with Crippen molar-refractivity contribution in [2.75, 3.05) is 18.9 Å². The highest BCUT2D eigenvalue weighted by Crippen LogP contribution is 2.21. The summed E-state index contributed by atoms with van der Waals surface area (Å²) in [6.07, 6.45) is 2.02. The Balaban J connectivity index is 2.07. The molecule has 132 valence electrons. The summed E-state index contributed by atoms with van der Waals surface area (Å²) in [6, 6.07) is 12.0. The second-order valence-corrected chi connectivity index (χ2v) is 6.51. The van der Waals surface area contributed by atoms with E-state index >= 15 is 0 Å². The number of halogens is 1. The van der Waals surface area contributed by atoms with E-state index in [0.29, 0.717) is 21.8 Å². The lowest BCUT2D eigenvalue weighted by molar-refractivity contribution is 0.0792. The van der Waals surface area contributed by atoms with Crippen LogP contribution >= 0.6 is 11.6 Å². The van der Waals surface area contributed by atoms with Crippen molar-refractivity contribution >= 4 is 29.1 Å². The van der Waals surface area contributed by atoms with Gasteiger partial charge in [-0.1, -0.05) is 31.0 Å². The van der Waals surface area contributed by atoms with Crippen LogP contribution in [-0.2, 0) is 0 Å². The van der Waals surface area contributed by atoms with Crippen molar-refractivity contribution in [1.29, 1.82) is 0 Å². The minimum atomic E-state index is -0.233. The first-order valence-corrected chi connectivity index (χ1v) is 8.73. The maximum atomic E-state index is 12.4. The van der Waals surface area contributed by atoms with Crippen LogP contribution in [-0.4, -0.2) is 30.3 Å². The van der Waals surface area contributed by atoms with Gasteiger partial charge in [-0.25, -0.2) is 0 Å². The van der Waals surface area contributed by atoms with E-state index in [1.165, 1.54) is 0 Å².